The summed E-state index contributed by atoms with van der Waals surface area (Å²) in [6.45, 7) is 1.89. The van der Waals surface area contributed by atoms with Crippen LogP contribution in [0.25, 0.3) is 0 Å². The molecule has 2 aliphatic rings. The maximum atomic E-state index is 13.2. The van der Waals surface area contributed by atoms with Crippen LogP contribution in [0.1, 0.15) is 57.8 Å². The van der Waals surface area contributed by atoms with Crippen molar-refractivity contribution in [3.8, 4) is 0 Å². The van der Waals surface area contributed by atoms with E-state index in [-0.39, 0.29) is 6.42 Å². The van der Waals surface area contributed by atoms with Crippen LogP contribution < -0.4 is 10.6 Å². The van der Waals surface area contributed by atoms with Crippen LogP contribution in [-0.4, -0.2) is 31.2 Å². The summed E-state index contributed by atoms with van der Waals surface area (Å²) in [5.41, 5.74) is 0. The molecule has 2 N–H and O–H groups in total. The van der Waals surface area contributed by atoms with Gasteiger partial charge in [0.1, 0.15) is 6.04 Å². The van der Waals surface area contributed by atoms with Gasteiger partial charge in [-0.25, -0.2) is 0 Å². The van der Waals surface area contributed by atoms with E-state index >= 15 is 0 Å². The maximum Gasteiger partial charge on any atom is 0.408 e. The number of rotatable bonds is 5. The number of carbonyl (C=O) groups excluding carboxylic acids is 1. The van der Waals surface area contributed by atoms with E-state index in [1.807, 2.05) is 0 Å². The number of hydrogen-bond acceptors (Lipinski definition) is 2. The number of carbonyl (C=O) groups is 1. The van der Waals surface area contributed by atoms with Gasteiger partial charge < -0.3 is 10.6 Å². The van der Waals surface area contributed by atoms with Gasteiger partial charge in [0.15, 0.2) is 0 Å². The molecule has 1 atom stereocenters. The Labute approximate surface area is 130 Å². The summed E-state index contributed by atoms with van der Waals surface area (Å²) in [7, 11) is 0. The van der Waals surface area contributed by atoms with Gasteiger partial charge in [0.05, 0.1) is 0 Å². The summed E-state index contributed by atoms with van der Waals surface area (Å²) >= 11 is 0. The van der Waals surface area contributed by atoms with Gasteiger partial charge >= 0.3 is 6.18 Å². The van der Waals surface area contributed by atoms with Crippen molar-refractivity contribution >= 4 is 5.91 Å². The SMILES string of the molecule is O=C(CCC1CCNCC1)NC(C1CCCCC1)C(F)(F)F. The van der Waals surface area contributed by atoms with E-state index in [1.165, 1.54) is 0 Å². The first-order valence-electron chi connectivity index (χ1n) is 8.53. The third-order valence-electron chi connectivity index (χ3n) is 5.03. The van der Waals surface area contributed by atoms with Crippen LogP contribution in [0.4, 0.5) is 13.2 Å². The third-order valence-corrected chi connectivity index (χ3v) is 5.03. The first-order valence-corrected chi connectivity index (χ1v) is 8.53. The maximum absolute atomic E-state index is 13.2. The van der Waals surface area contributed by atoms with Gasteiger partial charge in [-0.2, -0.15) is 13.2 Å². The highest BCUT2D eigenvalue weighted by Crippen LogP contribution is 2.34. The molecule has 1 saturated heterocycles. The van der Waals surface area contributed by atoms with E-state index in [2.05, 4.69) is 10.6 Å². The molecule has 22 heavy (non-hydrogen) atoms. The summed E-state index contributed by atoms with van der Waals surface area (Å²) in [5.74, 6) is -0.422. The molecule has 0 radical (unpaired) electrons. The molecular formula is C16H27F3N2O. The van der Waals surface area contributed by atoms with Gasteiger partial charge in [-0.05, 0) is 57.0 Å². The molecule has 1 aliphatic carbocycles. The molecule has 2 fully saturated rings. The molecule has 6 heteroatoms. The Morgan fingerprint density at radius 3 is 2.32 bits per heavy atom. The lowest BCUT2D eigenvalue weighted by Gasteiger charge is -2.32. The molecule has 128 valence electrons. The lowest BCUT2D eigenvalue weighted by molar-refractivity contribution is -0.174. The van der Waals surface area contributed by atoms with Gasteiger partial charge in [-0.3, -0.25) is 4.79 Å². The molecule has 3 nitrogen and oxygen atoms in total. The van der Waals surface area contributed by atoms with Gasteiger partial charge in [0.25, 0.3) is 0 Å². The predicted molar refractivity (Wildman–Crippen MR) is 79.4 cm³/mol. The molecular weight excluding hydrogens is 293 g/mol. The number of alkyl halides is 3. The Morgan fingerprint density at radius 2 is 1.73 bits per heavy atom. The van der Waals surface area contributed by atoms with Crippen LogP contribution in [0.5, 0.6) is 0 Å². The second-order valence-corrected chi connectivity index (χ2v) is 6.72. The van der Waals surface area contributed by atoms with E-state index in [1.54, 1.807) is 0 Å². The van der Waals surface area contributed by atoms with Crippen molar-refractivity contribution in [2.75, 3.05) is 13.1 Å². The van der Waals surface area contributed by atoms with E-state index in [4.69, 9.17) is 0 Å². The Morgan fingerprint density at radius 1 is 1.09 bits per heavy atom. The molecule has 0 aromatic carbocycles. The molecule has 1 saturated carbocycles. The largest absolute Gasteiger partial charge is 0.408 e. The Bertz CT molecular complexity index is 348. The van der Waals surface area contributed by atoms with E-state index < -0.39 is 24.0 Å². The van der Waals surface area contributed by atoms with E-state index in [0.29, 0.717) is 25.2 Å². The highest BCUT2D eigenvalue weighted by atomic mass is 19.4. The zero-order chi connectivity index (χ0) is 16.0. The lowest BCUT2D eigenvalue weighted by Crippen LogP contribution is -2.50. The van der Waals surface area contributed by atoms with Crippen LogP contribution in [0.3, 0.4) is 0 Å². The summed E-state index contributed by atoms with van der Waals surface area (Å²) in [5, 5.41) is 5.53. The summed E-state index contributed by atoms with van der Waals surface area (Å²) in [6.07, 6.45) is 2.41. The fraction of sp³-hybridized carbons (Fsp3) is 0.938. The second kappa shape index (κ2) is 8.18. The van der Waals surface area contributed by atoms with Gasteiger partial charge in [-0.1, -0.05) is 19.3 Å². The zero-order valence-electron chi connectivity index (χ0n) is 13.1. The second-order valence-electron chi connectivity index (χ2n) is 6.72. The molecule has 1 unspecified atom stereocenters. The Balaban J connectivity index is 1.82. The smallest absolute Gasteiger partial charge is 0.344 e. The average molecular weight is 320 g/mol. The number of hydrogen-bond donors (Lipinski definition) is 2. The fourth-order valence-electron chi connectivity index (χ4n) is 3.69. The summed E-state index contributed by atoms with van der Waals surface area (Å²) in [4.78, 5) is 12.0. The topological polar surface area (TPSA) is 41.1 Å². The summed E-state index contributed by atoms with van der Waals surface area (Å²) < 4.78 is 39.7. The number of nitrogens with one attached hydrogen (secondary N) is 2. The minimum atomic E-state index is -4.34. The molecule has 2 rings (SSSR count). The standard InChI is InChI=1S/C16H27F3N2O/c17-16(18,19)15(13-4-2-1-3-5-13)21-14(22)7-6-12-8-10-20-11-9-12/h12-13,15,20H,1-11H2,(H,21,22). The number of amides is 1. The van der Waals surface area contributed by atoms with Crippen molar-refractivity contribution in [3.63, 3.8) is 0 Å². The Kier molecular flexibility index (Phi) is 6.53. The van der Waals surface area contributed by atoms with Gasteiger partial charge in [0.2, 0.25) is 5.91 Å². The lowest BCUT2D eigenvalue weighted by atomic mass is 9.83. The molecule has 1 heterocycles. The van der Waals surface area contributed by atoms with Crippen LogP contribution in [-0.2, 0) is 4.79 Å². The number of piperidine rings is 1. The highest BCUT2D eigenvalue weighted by molar-refractivity contribution is 5.76. The highest BCUT2D eigenvalue weighted by Gasteiger charge is 2.45. The number of halogens is 3. The van der Waals surface area contributed by atoms with E-state index in [0.717, 1.165) is 45.2 Å². The molecule has 0 spiro atoms. The van der Waals surface area contributed by atoms with Crippen LogP contribution >= 0.6 is 0 Å². The van der Waals surface area contributed by atoms with E-state index in [9.17, 15) is 18.0 Å². The van der Waals surface area contributed by atoms with Crippen LogP contribution in [0, 0.1) is 11.8 Å². The fourth-order valence-corrected chi connectivity index (χ4v) is 3.69. The zero-order valence-corrected chi connectivity index (χ0v) is 13.1. The average Bonchev–Trinajstić information content (AvgIpc) is 2.51. The van der Waals surface area contributed by atoms with Crippen molar-refractivity contribution in [1.29, 1.82) is 0 Å². The van der Waals surface area contributed by atoms with Crippen molar-refractivity contribution < 1.29 is 18.0 Å². The Hall–Kier alpha value is -0.780. The first-order chi connectivity index (χ1) is 10.5. The monoisotopic (exact) mass is 320 g/mol. The van der Waals surface area contributed by atoms with Crippen molar-refractivity contribution in [1.82, 2.24) is 10.6 Å². The molecule has 0 aromatic heterocycles. The minimum absolute atomic E-state index is 0.212. The molecule has 1 amide bonds. The minimum Gasteiger partial charge on any atom is -0.344 e. The van der Waals surface area contributed by atoms with Crippen molar-refractivity contribution in [2.45, 2.75) is 70.0 Å². The van der Waals surface area contributed by atoms with Gasteiger partial charge in [-0.15, -0.1) is 0 Å². The van der Waals surface area contributed by atoms with Crippen LogP contribution in [0.2, 0.25) is 0 Å². The molecule has 0 bridgehead atoms. The quantitative estimate of drug-likeness (QED) is 0.815. The first kappa shape index (κ1) is 17.6. The molecule has 1 aliphatic heterocycles. The normalized spacial score (nSPS) is 23.2. The van der Waals surface area contributed by atoms with Crippen molar-refractivity contribution in [2.24, 2.45) is 11.8 Å². The predicted octanol–water partition coefficient (Wildman–Crippen LogP) is 3.39. The molecule has 0 aromatic rings. The van der Waals surface area contributed by atoms with Gasteiger partial charge in [0, 0.05) is 6.42 Å². The van der Waals surface area contributed by atoms with Crippen molar-refractivity contribution in [3.05, 3.63) is 0 Å². The van der Waals surface area contributed by atoms with Crippen LogP contribution in [0.15, 0.2) is 0 Å². The third kappa shape index (κ3) is 5.45. The summed E-state index contributed by atoms with van der Waals surface area (Å²) in [6, 6.07) is -1.66.